The van der Waals surface area contributed by atoms with E-state index in [0.717, 1.165) is 22.3 Å². The quantitative estimate of drug-likeness (QED) is 0.272. The minimum Gasteiger partial charge on any atom is -0.480 e. The number of hydrogen-bond acceptors (Lipinski definition) is 4. The highest BCUT2D eigenvalue weighted by atomic mass is 35.5. The normalized spacial score (nSPS) is 12.1. The van der Waals surface area contributed by atoms with Crippen LogP contribution in [0.3, 0.4) is 0 Å². The average Bonchev–Trinajstić information content (AvgIpc) is 3.14. The highest BCUT2D eigenvalue weighted by Gasteiger charge is 2.32. The van der Waals surface area contributed by atoms with Gasteiger partial charge in [-0.2, -0.15) is 0 Å². The molecule has 0 saturated carbocycles. The molecule has 9 heteroatoms. The van der Waals surface area contributed by atoms with Crippen molar-refractivity contribution in [3.8, 4) is 11.5 Å². The first-order valence-corrected chi connectivity index (χ1v) is 11.3. The summed E-state index contributed by atoms with van der Waals surface area (Å²) in [6.07, 6.45) is -4.73. The molecule has 0 amide bonds. The molecule has 4 aromatic rings. The van der Waals surface area contributed by atoms with Gasteiger partial charge in [0.05, 0.1) is 11.0 Å². The Labute approximate surface area is 206 Å². The summed E-state index contributed by atoms with van der Waals surface area (Å²) in [4.78, 5) is 6.91. The molecule has 0 aliphatic heterocycles. The number of fused-ring (bicyclic) bond motifs is 1. The van der Waals surface area contributed by atoms with E-state index < -0.39 is 12.0 Å². The highest BCUT2D eigenvalue weighted by Crippen LogP contribution is 2.33. The van der Waals surface area contributed by atoms with Gasteiger partial charge in [0, 0.05) is 31.4 Å². The Balaban J connectivity index is 1.74. The molecule has 184 valence electrons. The molecule has 0 bridgehead atoms. The van der Waals surface area contributed by atoms with Crippen LogP contribution in [0.25, 0.3) is 11.0 Å². The highest BCUT2D eigenvalue weighted by molar-refractivity contribution is 6.30. The summed E-state index contributed by atoms with van der Waals surface area (Å²) in [6, 6.07) is 18.9. The molecule has 0 atom stereocenters. The van der Waals surface area contributed by atoms with Crippen molar-refractivity contribution < 1.29 is 22.6 Å². The third-order valence-corrected chi connectivity index (χ3v) is 5.72. The van der Waals surface area contributed by atoms with E-state index >= 15 is 0 Å². The molecule has 0 radical (unpaired) electrons. The summed E-state index contributed by atoms with van der Waals surface area (Å²) in [6.45, 7) is 4.23. The van der Waals surface area contributed by atoms with Crippen molar-refractivity contribution in [2.45, 2.75) is 32.4 Å². The zero-order chi connectivity index (χ0) is 25.4. The molecule has 1 aromatic heterocycles. The van der Waals surface area contributed by atoms with E-state index in [1.165, 1.54) is 12.1 Å². The topological polar surface area (TPSA) is 39.5 Å². The van der Waals surface area contributed by atoms with Crippen LogP contribution in [-0.4, -0.2) is 30.0 Å². The van der Waals surface area contributed by atoms with E-state index in [0.29, 0.717) is 23.1 Å². The molecule has 0 fully saturated rings. The van der Waals surface area contributed by atoms with Crippen molar-refractivity contribution >= 4 is 28.3 Å². The van der Waals surface area contributed by atoms with Crippen molar-refractivity contribution in [3.63, 3.8) is 0 Å². The summed E-state index contributed by atoms with van der Waals surface area (Å²) in [5.41, 5.74) is 2.63. The van der Waals surface area contributed by atoms with E-state index in [2.05, 4.69) is 4.74 Å². The Hall–Kier alpha value is -3.39. The summed E-state index contributed by atoms with van der Waals surface area (Å²) >= 11 is 6.01. The van der Waals surface area contributed by atoms with Gasteiger partial charge in [-0.05, 0) is 74.0 Å². The number of hydrogen-bond donors (Lipinski definition) is 0. The molecule has 0 aliphatic carbocycles. The van der Waals surface area contributed by atoms with Gasteiger partial charge in [0.2, 0.25) is 0 Å². The number of rotatable bonds is 7. The van der Waals surface area contributed by atoms with Crippen LogP contribution in [0, 0.1) is 0 Å². The Morgan fingerprint density at radius 3 is 2.09 bits per heavy atom. The van der Waals surface area contributed by atoms with E-state index in [4.69, 9.17) is 21.3 Å². The van der Waals surface area contributed by atoms with Crippen LogP contribution in [0.1, 0.15) is 25.2 Å². The number of halogens is 4. The van der Waals surface area contributed by atoms with Crippen molar-refractivity contribution in [2.24, 2.45) is 0 Å². The molecule has 0 N–H and O–H groups in total. The van der Waals surface area contributed by atoms with Crippen LogP contribution in [0.4, 0.5) is 18.9 Å². The second-order valence-electron chi connectivity index (χ2n) is 8.85. The summed E-state index contributed by atoms with van der Waals surface area (Å²) in [5.74, 6) is 1.05. The summed E-state index contributed by atoms with van der Waals surface area (Å²) in [7, 11) is 3.91. The fourth-order valence-corrected chi connectivity index (χ4v) is 3.96. The van der Waals surface area contributed by atoms with Crippen molar-refractivity contribution in [1.82, 2.24) is 9.55 Å². The van der Waals surface area contributed by atoms with Crippen molar-refractivity contribution in [2.75, 3.05) is 19.0 Å². The minimum atomic E-state index is -4.73. The monoisotopic (exact) mass is 503 g/mol. The van der Waals surface area contributed by atoms with Crippen LogP contribution in [0.5, 0.6) is 11.5 Å². The molecule has 4 rings (SSSR count). The lowest BCUT2D eigenvalue weighted by atomic mass is 10.1. The zero-order valence-electron chi connectivity index (χ0n) is 19.7. The SMILES string of the molecule is CN(C)c1ccc2c(c1)nc(C(C)(C)Oc1ccc(Cl)cc1)n2Cc1ccc(OC(F)(F)F)cc1. The predicted molar refractivity (Wildman–Crippen MR) is 131 cm³/mol. The van der Waals surface area contributed by atoms with Crippen molar-refractivity contribution in [3.05, 3.63) is 83.1 Å². The lowest BCUT2D eigenvalue weighted by Gasteiger charge is -2.27. The maximum absolute atomic E-state index is 12.5. The molecule has 0 saturated heterocycles. The first kappa shape index (κ1) is 24.7. The molecular formula is C26H25ClF3N3O2. The lowest BCUT2D eigenvalue weighted by Crippen LogP contribution is -2.30. The van der Waals surface area contributed by atoms with Gasteiger partial charge in [-0.15, -0.1) is 13.2 Å². The number of benzene rings is 3. The fraction of sp³-hybridized carbons (Fsp3) is 0.269. The van der Waals surface area contributed by atoms with Crippen LogP contribution in [0.15, 0.2) is 66.7 Å². The fourth-order valence-electron chi connectivity index (χ4n) is 3.84. The van der Waals surface area contributed by atoms with Gasteiger partial charge in [0.25, 0.3) is 0 Å². The van der Waals surface area contributed by atoms with Gasteiger partial charge in [-0.3, -0.25) is 0 Å². The largest absolute Gasteiger partial charge is 0.573 e. The van der Waals surface area contributed by atoms with Crippen molar-refractivity contribution in [1.29, 1.82) is 0 Å². The maximum atomic E-state index is 12.5. The standard InChI is InChI=1S/C26H25ClF3N3O2/c1-25(2,34-20-12-7-18(27)8-13-20)24-31-22-15-19(32(3)4)9-14-23(22)33(24)16-17-5-10-21(11-6-17)35-26(28,29)30/h5-15H,16H2,1-4H3. The predicted octanol–water partition coefficient (Wildman–Crippen LogP) is 7.02. The van der Waals surface area contributed by atoms with Crippen LogP contribution in [0.2, 0.25) is 5.02 Å². The van der Waals surface area contributed by atoms with Gasteiger partial charge in [-0.1, -0.05) is 23.7 Å². The van der Waals surface area contributed by atoms with E-state index in [1.807, 2.05) is 55.6 Å². The molecular weight excluding hydrogens is 479 g/mol. The number of anilines is 1. The number of nitrogens with zero attached hydrogens (tertiary/aromatic N) is 3. The lowest BCUT2D eigenvalue weighted by molar-refractivity contribution is -0.274. The van der Waals surface area contributed by atoms with E-state index in [9.17, 15) is 13.2 Å². The number of aromatic nitrogens is 2. The second-order valence-corrected chi connectivity index (χ2v) is 9.28. The number of ether oxygens (including phenoxy) is 2. The molecule has 0 aliphatic rings. The van der Waals surface area contributed by atoms with Gasteiger partial charge < -0.3 is 18.9 Å². The number of imidazole rings is 1. The molecule has 0 spiro atoms. The molecule has 5 nitrogen and oxygen atoms in total. The van der Waals surface area contributed by atoms with Gasteiger partial charge in [0.1, 0.15) is 11.5 Å². The average molecular weight is 504 g/mol. The van der Waals surface area contributed by atoms with Gasteiger partial charge in [0.15, 0.2) is 11.4 Å². The van der Waals surface area contributed by atoms with Crippen LogP contribution >= 0.6 is 11.6 Å². The Bertz CT molecular complexity index is 1310. The van der Waals surface area contributed by atoms with Crippen LogP contribution < -0.4 is 14.4 Å². The molecule has 3 aromatic carbocycles. The molecule has 0 unspecified atom stereocenters. The Morgan fingerprint density at radius 2 is 1.49 bits per heavy atom. The summed E-state index contributed by atoms with van der Waals surface area (Å²) in [5, 5.41) is 0.608. The molecule has 35 heavy (non-hydrogen) atoms. The van der Waals surface area contributed by atoms with Crippen LogP contribution in [-0.2, 0) is 12.1 Å². The Morgan fingerprint density at radius 1 is 0.886 bits per heavy atom. The number of alkyl halides is 3. The summed E-state index contributed by atoms with van der Waals surface area (Å²) < 4.78 is 49.9. The molecule has 1 heterocycles. The smallest absolute Gasteiger partial charge is 0.480 e. The third kappa shape index (κ3) is 5.82. The van der Waals surface area contributed by atoms with E-state index in [1.54, 1.807) is 36.4 Å². The van der Waals surface area contributed by atoms with Gasteiger partial charge >= 0.3 is 6.36 Å². The zero-order valence-corrected chi connectivity index (χ0v) is 20.5. The van der Waals surface area contributed by atoms with Gasteiger partial charge in [-0.25, -0.2) is 4.98 Å². The first-order valence-electron chi connectivity index (χ1n) is 10.9. The third-order valence-electron chi connectivity index (χ3n) is 5.47. The first-order chi connectivity index (χ1) is 16.4. The minimum absolute atomic E-state index is 0.265. The second kappa shape index (κ2) is 9.34. The maximum Gasteiger partial charge on any atom is 0.573 e. The Kier molecular flexibility index (Phi) is 6.60. The van der Waals surface area contributed by atoms with E-state index in [-0.39, 0.29) is 5.75 Å².